The van der Waals surface area contributed by atoms with Gasteiger partial charge in [-0.2, -0.15) is 0 Å². The van der Waals surface area contributed by atoms with Gasteiger partial charge in [0.1, 0.15) is 0 Å². The number of nitrogens with one attached hydrogen (secondary N) is 1. The molecule has 0 atom stereocenters. The lowest BCUT2D eigenvalue weighted by atomic mass is 10.2. The van der Waals surface area contributed by atoms with Crippen molar-refractivity contribution in [2.45, 2.75) is 31.5 Å². The molecule has 0 bridgehead atoms. The molecule has 0 saturated heterocycles. The second-order valence-electron chi connectivity index (χ2n) is 6.37. The van der Waals surface area contributed by atoms with Crippen molar-refractivity contribution in [1.29, 1.82) is 0 Å². The summed E-state index contributed by atoms with van der Waals surface area (Å²) in [4.78, 5) is 40.1. The normalized spacial score (nSPS) is 10.8. The molecule has 0 saturated carbocycles. The fourth-order valence-electron chi connectivity index (χ4n) is 2.80. The molecule has 9 heteroatoms. The summed E-state index contributed by atoms with van der Waals surface area (Å²) in [6.45, 7) is 2.57. The summed E-state index contributed by atoms with van der Waals surface area (Å²) < 4.78 is 1.61. The summed E-state index contributed by atoms with van der Waals surface area (Å²) in [6.07, 6.45) is 1.75. The molecule has 0 aliphatic carbocycles. The van der Waals surface area contributed by atoms with Crippen LogP contribution in [0.4, 0.5) is 11.4 Å². The highest BCUT2D eigenvalue weighted by atomic mass is 32.2. The third kappa shape index (κ3) is 5.00. The summed E-state index contributed by atoms with van der Waals surface area (Å²) in [6, 6.07) is 12.9. The Morgan fingerprint density at radius 2 is 2.03 bits per heavy atom. The van der Waals surface area contributed by atoms with Crippen molar-refractivity contribution in [2.24, 2.45) is 0 Å². The van der Waals surface area contributed by atoms with Crippen LogP contribution in [0.3, 0.4) is 0 Å². The molecule has 150 valence electrons. The molecule has 1 N–H and O–H groups in total. The number of amides is 1. The van der Waals surface area contributed by atoms with E-state index in [2.05, 4.69) is 10.3 Å². The Hall–Kier alpha value is -3.20. The zero-order valence-corrected chi connectivity index (χ0v) is 16.6. The average Bonchev–Trinajstić information content (AvgIpc) is 2.72. The number of anilines is 1. The topological polar surface area (TPSA) is 107 Å². The number of nitro benzene ring substituents is 1. The first kappa shape index (κ1) is 20.5. The van der Waals surface area contributed by atoms with E-state index in [1.54, 1.807) is 28.8 Å². The Bertz CT molecular complexity index is 1110. The molecule has 29 heavy (non-hydrogen) atoms. The number of nitrogens with zero attached hydrogens (tertiary/aromatic N) is 3. The number of benzene rings is 2. The third-order valence-electron chi connectivity index (χ3n) is 4.23. The zero-order chi connectivity index (χ0) is 20.8. The molecule has 1 aromatic heterocycles. The monoisotopic (exact) mass is 412 g/mol. The number of nitro groups is 1. The van der Waals surface area contributed by atoms with Gasteiger partial charge >= 0.3 is 0 Å². The maximum Gasteiger partial charge on any atom is 0.271 e. The van der Waals surface area contributed by atoms with Gasteiger partial charge < -0.3 is 5.32 Å². The standard InChI is InChI=1S/C20H20N4O4S/c1-2-3-11-23-19(26)16-9-4-5-10-17(16)22-20(23)29-13-18(25)21-14-7-6-8-15(12-14)24(27)28/h4-10,12H,2-3,11,13H2,1H3,(H,21,25). The zero-order valence-electron chi connectivity index (χ0n) is 15.8. The molecule has 0 unspecified atom stereocenters. The number of para-hydroxylation sites is 1. The number of carbonyl (C=O) groups is 1. The van der Waals surface area contributed by atoms with Crippen LogP contribution in [0.2, 0.25) is 0 Å². The highest BCUT2D eigenvalue weighted by molar-refractivity contribution is 7.99. The van der Waals surface area contributed by atoms with E-state index < -0.39 is 4.92 Å². The molecular formula is C20H20N4O4S. The molecule has 3 aromatic rings. The van der Waals surface area contributed by atoms with Gasteiger partial charge in [-0.25, -0.2) is 4.98 Å². The van der Waals surface area contributed by atoms with E-state index in [0.29, 0.717) is 28.3 Å². The number of rotatable bonds is 8. The number of fused-ring (bicyclic) bond motifs is 1. The number of aromatic nitrogens is 2. The minimum Gasteiger partial charge on any atom is -0.325 e. The molecule has 1 amide bonds. The molecule has 0 aliphatic rings. The van der Waals surface area contributed by atoms with Crippen molar-refractivity contribution in [3.63, 3.8) is 0 Å². The Morgan fingerprint density at radius 1 is 1.24 bits per heavy atom. The van der Waals surface area contributed by atoms with Gasteiger partial charge in [0.25, 0.3) is 11.2 Å². The van der Waals surface area contributed by atoms with Crippen LogP contribution in [0, 0.1) is 10.1 Å². The summed E-state index contributed by atoms with van der Waals surface area (Å²) in [5.74, 6) is -0.306. The Kier molecular flexibility index (Phi) is 6.61. The van der Waals surface area contributed by atoms with E-state index in [-0.39, 0.29) is 22.9 Å². The molecule has 0 fully saturated rings. The Labute approximate surface area is 171 Å². The first-order valence-corrected chi connectivity index (χ1v) is 10.1. The molecular weight excluding hydrogens is 392 g/mol. The van der Waals surface area contributed by atoms with E-state index in [9.17, 15) is 19.7 Å². The molecule has 0 spiro atoms. The first-order valence-electron chi connectivity index (χ1n) is 9.16. The lowest BCUT2D eigenvalue weighted by Crippen LogP contribution is -2.24. The van der Waals surface area contributed by atoms with E-state index in [0.717, 1.165) is 12.8 Å². The summed E-state index contributed by atoms with van der Waals surface area (Å²) in [5.41, 5.74) is 0.720. The number of thioether (sulfide) groups is 1. The van der Waals surface area contributed by atoms with E-state index in [4.69, 9.17) is 0 Å². The number of carbonyl (C=O) groups excluding carboxylic acids is 1. The van der Waals surface area contributed by atoms with Crippen LogP contribution in [-0.2, 0) is 11.3 Å². The molecule has 2 aromatic carbocycles. The van der Waals surface area contributed by atoms with Gasteiger partial charge in [-0.1, -0.05) is 43.3 Å². The van der Waals surface area contributed by atoms with Crippen molar-refractivity contribution in [2.75, 3.05) is 11.1 Å². The minimum atomic E-state index is -0.518. The van der Waals surface area contributed by atoms with Gasteiger partial charge in [0.2, 0.25) is 5.91 Å². The first-order chi connectivity index (χ1) is 14.0. The molecule has 0 aliphatic heterocycles. The lowest BCUT2D eigenvalue weighted by molar-refractivity contribution is -0.384. The number of unbranched alkanes of at least 4 members (excludes halogenated alkanes) is 1. The fourth-order valence-corrected chi connectivity index (χ4v) is 3.62. The van der Waals surface area contributed by atoms with Gasteiger partial charge in [0.05, 0.1) is 21.6 Å². The highest BCUT2D eigenvalue weighted by Crippen LogP contribution is 2.20. The second-order valence-corrected chi connectivity index (χ2v) is 7.31. The number of hydrogen-bond acceptors (Lipinski definition) is 6. The summed E-state index contributed by atoms with van der Waals surface area (Å²) in [5, 5.41) is 14.5. The highest BCUT2D eigenvalue weighted by Gasteiger charge is 2.14. The van der Waals surface area contributed by atoms with Gasteiger partial charge in [-0.3, -0.25) is 24.3 Å². The van der Waals surface area contributed by atoms with Gasteiger partial charge in [0.15, 0.2) is 5.16 Å². The number of non-ortho nitro benzene ring substituents is 1. The average molecular weight is 412 g/mol. The predicted octanol–water partition coefficient (Wildman–Crippen LogP) is 3.84. The van der Waals surface area contributed by atoms with Crippen LogP contribution in [-0.4, -0.2) is 26.1 Å². The van der Waals surface area contributed by atoms with Crippen molar-refractivity contribution in [3.8, 4) is 0 Å². The van der Waals surface area contributed by atoms with Crippen LogP contribution < -0.4 is 10.9 Å². The second kappa shape index (κ2) is 9.33. The van der Waals surface area contributed by atoms with E-state index >= 15 is 0 Å². The maximum absolute atomic E-state index is 12.8. The Morgan fingerprint density at radius 3 is 2.79 bits per heavy atom. The van der Waals surface area contributed by atoms with Crippen LogP contribution in [0.5, 0.6) is 0 Å². The molecule has 8 nitrogen and oxygen atoms in total. The summed E-state index contributed by atoms with van der Waals surface area (Å²) in [7, 11) is 0. The summed E-state index contributed by atoms with van der Waals surface area (Å²) >= 11 is 1.17. The van der Waals surface area contributed by atoms with Crippen LogP contribution in [0.15, 0.2) is 58.5 Å². The molecule has 1 heterocycles. The van der Waals surface area contributed by atoms with E-state index in [1.165, 1.54) is 30.0 Å². The van der Waals surface area contributed by atoms with Gasteiger partial charge in [0, 0.05) is 24.4 Å². The SMILES string of the molecule is CCCCn1c(SCC(=O)Nc2cccc([N+](=O)[O-])c2)nc2ccccc2c1=O. The lowest BCUT2D eigenvalue weighted by Gasteiger charge is -2.12. The fraction of sp³-hybridized carbons (Fsp3) is 0.250. The number of hydrogen-bond donors (Lipinski definition) is 1. The van der Waals surface area contributed by atoms with Gasteiger partial charge in [-0.15, -0.1) is 0 Å². The molecule has 0 radical (unpaired) electrons. The largest absolute Gasteiger partial charge is 0.325 e. The molecule has 3 rings (SSSR count). The van der Waals surface area contributed by atoms with Crippen molar-refractivity contribution in [3.05, 3.63) is 69.0 Å². The van der Waals surface area contributed by atoms with Crippen molar-refractivity contribution >= 4 is 39.9 Å². The van der Waals surface area contributed by atoms with Crippen LogP contribution >= 0.6 is 11.8 Å². The quantitative estimate of drug-likeness (QED) is 0.261. The van der Waals surface area contributed by atoms with Crippen molar-refractivity contribution in [1.82, 2.24) is 9.55 Å². The van der Waals surface area contributed by atoms with E-state index in [1.807, 2.05) is 13.0 Å². The van der Waals surface area contributed by atoms with Crippen molar-refractivity contribution < 1.29 is 9.72 Å². The van der Waals surface area contributed by atoms with Gasteiger partial charge in [-0.05, 0) is 24.6 Å². The smallest absolute Gasteiger partial charge is 0.271 e. The maximum atomic E-state index is 12.8. The minimum absolute atomic E-state index is 0.0274. The third-order valence-corrected chi connectivity index (χ3v) is 5.21. The van der Waals surface area contributed by atoms with Crippen LogP contribution in [0.1, 0.15) is 19.8 Å². The predicted molar refractivity (Wildman–Crippen MR) is 113 cm³/mol. The Balaban J connectivity index is 1.78. The van der Waals surface area contributed by atoms with Crippen LogP contribution in [0.25, 0.3) is 10.9 Å².